The number of aliphatic hydroxyl groups is 1. The third-order valence-corrected chi connectivity index (χ3v) is 4.33. The summed E-state index contributed by atoms with van der Waals surface area (Å²) in [5.41, 5.74) is 0. The first kappa shape index (κ1) is 11.4. The highest BCUT2D eigenvalue weighted by Gasteiger charge is 2.32. The van der Waals surface area contributed by atoms with Crippen LogP contribution in [0.3, 0.4) is 0 Å². The van der Waals surface area contributed by atoms with Crippen molar-refractivity contribution >= 4 is 0 Å². The maximum atomic E-state index is 9.04. The third-order valence-electron chi connectivity index (χ3n) is 4.33. The average Bonchev–Trinajstić information content (AvgIpc) is 2.29. The molecule has 2 rings (SSSR count). The van der Waals surface area contributed by atoms with Gasteiger partial charge in [0.15, 0.2) is 0 Å². The van der Waals surface area contributed by atoms with Crippen molar-refractivity contribution in [1.82, 2.24) is 5.32 Å². The second kappa shape index (κ2) is 5.31. The minimum atomic E-state index is 0.268. The van der Waals surface area contributed by atoms with E-state index in [1.54, 1.807) is 0 Å². The van der Waals surface area contributed by atoms with Crippen LogP contribution in [0.2, 0.25) is 0 Å². The van der Waals surface area contributed by atoms with E-state index in [-0.39, 0.29) is 12.6 Å². The lowest BCUT2D eigenvalue weighted by atomic mass is 9.69. The fraction of sp³-hybridized carbons (Fsp3) is 1.00. The van der Waals surface area contributed by atoms with Gasteiger partial charge < -0.3 is 10.4 Å². The van der Waals surface area contributed by atoms with Gasteiger partial charge in [-0.05, 0) is 38.0 Å². The molecular formula is C13H25NO. The van der Waals surface area contributed by atoms with Gasteiger partial charge in [0, 0.05) is 12.1 Å². The Balaban J connectivity index is 1.80. The molecule has 0 aromatic carbocycles. The van der Waals surface area contributed by atoms with E-state index >= 15 is 0 Å². The zero-order valence-electron chi connectivity index (χ0n) is 9.91. The number of aliphatic hydroxyl groups excluding tert-OH is 1. The van der Waals surface area contributed by atoms with E-state index in [1.807, 2.05) is 0 Å². The van der Waals surface area contributed by atoms with E-state index in [9.17, 15) is 0 Å². The first-order valence-corrected chi connectivity index (χ1v) is 6.66. The lowest BCUT2D eigenvalue weighted by molar-refractivity contribution is 0.131. The summed E-state index contributed by atoms with van der Waals surface area (Å²) >= 11 is 0. The molecule has 2 N–H and O–H groups in total. The second-order valence-corrected chi connectivity index (χ2v) is 5.56. The molecule has 2 aliphatic rings. The van der Waals surface area contributed by atoms with Gasteiger partial charge in [-0.25, -0.2) is 0 Å². The van der Waals surface area contributed by atoms with E-state index in [0.29, 0.717) is 6.04 Å². The van der Waals surface area contributed by atoms with Gasteiger partial charge in [0.25, 0.3) is 0 Å². The van der Waals surface area contributed by atoms with Crippen molar-refractivity contribution in [2.75, 3.05) is 6.61 Å². The van der Waals surface area contributed by atoms with Gasteiger partial charge in [-0.15, -0.1) is 0 Å². The van der Waals surface area contributed by atoms with E-state index in [4.69, 9.17) is 5.11 Å². The maximum Gasteiger partial charge on any atom is 0.0582 e. The Morgan fingerprint density at radius 2 is 1.87 bits per heavy atom. The zero-order chi connectivity index (χ0) is 10.7. The molecule has 0 radical (unpaired) electrons. The Morgan fingerprint density at radius 1 is 1.13 bits per heavy atom. The van der Waals surface area contributed by atoms with Crippen LogP contribution >= 0.6 is 0 Å². The molecule has 2 nitrogen and oxygen atoms in total. The van der Waals surface area contributed by atoms with Gasteiger partial charge >= 0.3 is 0 Å². The second-order valence-electron chi connectivity index (χ2n) is 5.56. The summed E-state index contributed by atoms with van der Waals surface area (Å²) in [6, 6.07) is 0.946. The summed E-state index contributed by atoms with van der Waals surface area (Å²) in [5.74, 6) is 2.01. The minimum Gasteiger partial charge on any atom is -0.395 e. The monoisotopic (exact) mass is 211 g/mol. The summed E-state index contributed by atoms with van der Waals surface area (Å²) in [6.45, 7) is 2.34. The Morgan fingerprint density at radius 3 is 2.60 bits per heavy atom. The number of fused-ring (bicyclic) bond motifs is 1. The number of hydrogen-bond acceptors (Lipinski definition) is 2. The van der Waals surface area contributed by atoms with E-state index in [2.05, 4.69) is 12.2 Å². The summed E-state index contributed by atoms with van der Waals surface area (Å²) in [4.78, 5) is 0. The molecule has 15 heavy (non-hydrogen) atoms. The molecule has 2 aliphatic carbocycles. The Hall–Kier alpha value is -0.0800. The SMILES string of the molecule is C[C@H](CO)NC1CCC2CCCCC2C1. The molecule has 2 fully saturated rings. The lowest BCUT2D eigenvalue weighted by Gasteiger charge is -2.40. The Labute approximate surface area is 93.5 Å². The molecule has 3 unspecified atom stereocenters. The normalized spacial score (nSPS) is 38.4. The average molecular weight is 211 g/mol. The molecule has 0 aromatic heterocycles. The van der Waals surface area contributed by atoms with Crippen molar-refractivity contribution in [3.63, 3.8) is 0 Å². The van der Waals surface area contributed by atoms with Crippen LogP contribution < -0.4 is 5.32 Å². The van der Waals surface area contributed by atoms with Crippen molar-refractivity contribution in [3.05, 3.63) is 0 Å². The Kier molecular flexibility index (Phi) is 4.04. The first-order valence-electron chi connectivity index (χ1n) is 6.66. The first-order chi connectivity index (χ1) is 7.29. The predicted octanol–water partition coefficient (Wildman–Crippen LogP) is 2.32. The molecule has 2 heteroatoms. The minimum absolute atomic E-state index is 0.268. The van der Waals surface area contributed by atoms with E-state index < -0.39 is 0 Å². The van der Waals surface area contributed by atoms with E-state index in [1.165, 1.54) is 44.9 Å². The molecule has 0 aromatic rings. The quantitative estimate of drug-likeness (QED) is 0.751. The predicted molar refractivity (Wildman–Crippen MR) is 62.8 cm³/mol. The Bertz CT molecular complexity index is 195. The van der Waals surface area contributed by atoms with Crippen LogP contribution in [0.25, 0.3) is 0 Å². The largest absolute Gasteiger partial charge is 0.395 e. The van der Waals surface area contributed by atoms with Crippen molar-refractivity contribution in [1.29, 1.82) is 0 Å². The van der Waals surface area contributed by atoms with Crippen molar-refractivity contribution in [3.8, 4) is 0 Å². The van der Waals surface area contributed by atoms with Crippen LogP contribution in [0.4, 0.5) is 0 Å². The van der Waals surface area contributed by atoms with Gasteiger partial charge in [0.1, 0.15) is 0 Å². The molecule has 4 atom stereocenters. The van der Waals surface area contributed by atoms with Crippen molar-refractivity contribution < 1.29 is 5.11 Å². The van der Waals surface area contributed by atoms with Gasteiger partial charge in [0.2, 0.25) is 0 Å². The molecule has 0 bridgehead atoms. The molecule has 0 spiro atoms. The molecule has 0 saturated heterocycles. The highest BCUT2D eigenvalue weighted by molar-refractivity contribution is 4.86. The smallest absolute Gasteiger partial charge is 0.0582 e. The topological polar surface area (TPSA) is 32.3 Å². The van der Waals surface area contributed by atoms with Crippen LogP contribution in [0.15, 0.2) is 0 Å². The highest BCUT2D eigenvalue weighted by atomic mass is 16.3. The van der Waals surface area contributed by atoms with Gasteiger partial charge in [-0.3, -0.25) is 0 Å². The fourth-order valence-corrected chi connectivity index (χ4v) is 3.48. The molecule has 2 saturated carbocycles. The van der Waals surface area contributed by atoms with Crippen molar-refractivity contribution in [2.45, 2.75) is 64.0 Å². The summed E-state index contributed by atoms with van der Waals surface area (Å²) in [6.07, 6.45) is 9.94. The molecule has 0 amide bonds. The van der Waals surface area contributed by atoms with Crippen LogP contribution in [-0.4, -0.2) is 23.8 Å². The van der Waals surface area contributed by atoms with Crippen molar-refractivity contribution in [2.24, 2.45) is 11.8 Å². The molecule has 0 heterocycles. The highest BCUT2D eigenvalue weighted by Crippen LogP contribution is 2.40. The van der Waals surface area contributed by atoms with Crippen LogP contribution in [0, 0.1) is 11.8 Å². The summed E-state index contributed by atoms with van der Waals surface area (Å²) in [5, 5.41) is 12.6. The maximum absolute atomic E-state index is 9.04. The number of nitrogens with one attached hydrogen (secondary N) is 1. The molecular weight excluding hydrogens is 186 g/mol. The number of rotatable bonds is 3. The lowest BCUT2D eigenvalue weighted by Crippen LogP contribution is -2.43. The zero-order valence-corrected chi connectivity index (χ0v) is 9.91. The van der Waals surface area contributed by atoms with Gasteiger partial charge in [-0.1, -0.05) is 25.7 Å². The van der Waals surface area contributed by atoms with Crippen LogP contribution in [-0.2, 0) is 0 Å². The summed E-state index contributed by atoms with van der Waals surface area (Å²) in [7, 11) is 0. The molecule has 0 aliphatic heterocycles. The van der Waals surface area contributed by atoms with Gasteiger partial charge in [0.05, 0.1) is 6.61 Å². The fourth-order valence-electron chi connectivity index (χ4n) is 3.48. The van der Waals surface area contributed by atoms with Gasteiger partial charge in [-0.2, -0.15) is 0 Å². The van der Waals surface area contributed by atoms with Crippen LogP contribution in [0.5, 0.6) is 0 Å². The summed E-state index contributed by atoms with van der Waals surface area (Å²) < 4.78 is 0. The molecule has 88 valence electrons. The standard InChI is InChI=1S/C13H25NO/c1-10(9-15)14-13-7-6-11-4-2-3-5-12(11)8-13/h10-15H,2-9H2,1H3/t10-,11?,12?,13?/m1/s1. The third kappa shape index (κ3) is 2.94. The van der Waals surface area contributed by atoms with Crippen LogP contribution in [0.1, 0.15) is 51.9 Å². The number of hydrogen-bond donors (Lipinski definition) is 2. The van der Waals surface area contributed by atoms with E-state index in [0.717, 1.165) is 11.8 Å².